The smallest absolute Gasteiger partial charge is 0.404 e. The van der Waals surface area contributed by atoms with Crippen LogP contribution in [0, 0.1) is 0 Å². The number of aliphatic carboxylic acids is 1. The molecule has 0 aromatic rings. The van der Waals surface area contributed by atoms with Crippen molar-refractivity contribution in [2.45, 2.75) is 32.5 Å². The van der Waals surface area contributed by atoms with Gasteiger partial charge in [-0.15, -0.1) is 0 Å². The summed E-state index contributed by atoms with van der Waals surface area (Å²) < 4.78 is 35.3. The number of hydrogen-bond acceptors (Lipinski definition) is 2. The van der Waals surface area contributed by atoms with Crippen molar-refractivity contribution in [3.8, 4) is 0 Å². The van der Waals surface area contributed by atoms with Gasteiger partial charge in [-0.1, -0.05) is 13.8 Å². The highest BCUT2D eigenvalue weighted by Crippen LogP contribution is 2.21. The number of carboxylic acid groups (broad SMARTS) is 1. The summed E-state index contributed by atoms with van der Waals surface area (Å²) in [5.74, 6) is -1.47. The summed E-state index contributed by atoms with van der Waals surface area (Å²) in [6.45, 7) is 4.00. The molecule has 0 bridgehead atoms. The van der Waals surface area contributed by atoms with E-state index in [0.717, 1.165) is 7.05 Å². The predicted molar refractivity (Wildman–Crippen MR) is 42.5 cm³/mol. The lowest BCUT2D eigenvalue weighted by Gasteiger charge is -2.16. The quantitative estimate of drug-likeness (QED) is 0.729. The van der Waals surface area contributed by atoms with Crippen LogP contribution in [0.5, 0.6) is 0 Å². The molecule has 0 aromatic carbocycles. The third-order valence-corrected chi connectivity index (χ3v) is 1.12. The molecule has 0 aliphatic rings. The van der Waals surface area contributed by atoms with E-state index in [2.05, 4.69) is 0 Å². The predicted octanol–water partition coefficient (Wildman–Crippen LogP) is 1.64. The first-order chi connectivity index (χ1) is 5.88. The molecule has 0 saturated carbocycles. The Balaban J connectivity index is 0. The summed E-state index contributed by atoms with van der Waals surface area (Å²) in [4.78, 5) is 9.88. The first-order valence-electron chi connectivity index (χ1n) is 3.83. The van der Waals surface area contributed by atoms with E-state index in [4.69, 9.17) is 5.11 Å². The van der Waals surface area contributed by atoms with Gasteiger partial charge in [-0.25, -0.2) is 0 Å². The van der Waals surface area contributed by atoms with Gasteiger partial charge >= 0.3 is 12.1 Å². The van der Waals surface area contributed by atoms with Crippen LogP contribution in [0.3, 0.4) is 0 Å². The van der Waals surface area contributed by atoms with E-state index < -0.39 is 24.6 Å². The first-order valence-corrected chi connectivity index (χ1v) is 3.83. The van der Waals surface area contributed by atoms with E-state index in [1.807, 2.05) is 19.2 Å². The van der Waals surface area contributed by atoms with Gasteiger partial charge in [-0.3, -0.25) is 4.79 Å². The second-order valence-corrected chi connectivity index (χ2v) is 1.98. The second kappa shape index (κ2) is 6.71. The molecule has 2 N–H and O–H groups in total. The third kappa shape index (κ3) is 7.58. The molecule has 0 fully saturated rings. The normalized spacial score (nSPS) is 12.8. The highest BCUT2D eigenvalue weighted by Gasteiger charge is 2.39. The van der Waals surface area contributed by atoms with Gasteiger partial charge < -0.3 is 10.4 Å². The van der Waals surface area contributed by atoms with Crippen molar-refractivity contribution < 1.29 is 23.1 Å². The Morgan fingerprint density at radius 1 is 1.46 bits per heavy atom. The van der Waals surface area contributed by atoms with Gasteiger partial charge in [0.2, 0.25) is 0 Å². The molecule has 0 rings (SSSR count). The monoisotopic (exact) mass is 201 g/mol. The Morgan fingerprint density at radius 3 is 1.92 bits per heavy atom. The number of nitrogens with one attached hydrogen (secondary N) is 1. The van der Waals surface area contributed by atoms with Crippen LogP contribution in [0.1, 0.15) is 20.3 Å². The minimum Gasteiger partial charge on any atom is -0.481 e. The lowest BCUT2D eigenvalue weighted by Crippen LogP contribution is -2.41. The summed E-state index contributed by atoms with van der Waals surface area (Å²) in [5, 5.41) is 9.91. The van der Waals surface area contributed by atoms with Crippen molar-refractivity contribution in [3.63, 3.8) is 0 Å². The molecule has 1 unspecified atom stereocenters. The number of carbonyl (C=O) groups is 1. The second-order valence-electron chi connectivity index (χ2n) is 1.98. The average molecular weight is 201 g/mol. The zero-order chi connectivity index (χ0) is 11.1. The molecular formula is C7H14F3NO2. The van der Waals surface area contributed by atoms with E-state index in [-0.39, 0.29) is 0 Å². The summed E-state index contributed by atoms with van der Waals surface area (Å²) in [7, 11) is 1.07. The summed E-state index contributed by atoms with van der Waals surface area (Å²) in [6.07, 6.45) is -5.44. The van der Waals surface area contributed by atoms with Crippen LogP contribution in [0.4, 0.5) is 13.2 Å². The molecule has 0 aliphatic carbocycles. The highest BCUT2D eigenvalue weighted by molar-refractivity contribution is 5.67. The molecular weight excluding hydrogens is 187 g/mol. The van der Waals surface area contributed by atoms with Crippen LogP contribution in [-0.2, 0) is 4.79 Å². The molecule has 0 saturated heterocycles. The van der Waals surface area contributed by atoms with Crippen LogP contribution in [0.2, 0.25) is 0 Å². The highest BCUT2D eigenvalue weighted by atomic mass is 19.4. The fourth-order valence-corrected chi connectivity index (χ4v) is 0.556. The zero-order valence-electron chi connectivity index (χ0n) is 7.77. The van der Waals surface area contributed by atoms with Crippen LogP contribution in [0.15, 0.2) is 0 Å². The third-order valence-electron chi connectivity index (χ3n) is 1.12. The molecule has 0 aliphatic heterocycles. The minimum absolute atomic E-state index is 0.944. The lowest BCUT2D eigenvalue weighted by molar-refractivity contribution is -0.166. The van der Waals surface area contributed by atoms with E-state index in [9.17, 15) is 18.0 Å². The van der Waals surface area contributed by atoms with Crippen LogP contribution >= 0.6 is 0 Å². The van der Waals surface area contributed by atoms with Crippen molar-refractivity contribution in [1.29, 1.82) is 0 Å². The van der Waals surface area contributed by atoms with Crippen molar-refractivity contribution in [2.24, 2.45) is 0 Å². The van der Waals surface area contributed by atoms with Crippen LogP contribution in [0.25, 0.3) is 0 Å². The molecule has 0 radical (unpaired) electrons. The number of carboxylic acids is 1. The van der Waals surface area contributed by atoms with Crippen LogP contribution in [-0.4, -0.2) is 30.3 Å². The average Bonchev–Trinajstić information content (AvgIpc) is 2.01. The Bertz CT molecular complexity index is 147. The molecule has 0 aromatic heterocycles. The van der Waals surface area contributed by atoms with Crippen molar-refractivity contribution in [2.75, 3.05) is 7.05 Å². The Labute approximate surface area is 74.9 Å². The lowest BCUT2D eigenvalue weighted by atomic mass is 10.2. The molecule has 13 heavy (non-hydrogen) atoms. The maximum absolute atomic E-state index is 11.8. The Hall–Kier alpha value is -0.780. The fraction of sp³-hybridized carbons (Fsp3) is 0.857. The summed E-state index contributed by atoms with van der Waals surface area (Å²) >= 11 is 0. The van der Waals surface area contributed by atoms with E-state index in [1.165, 1.54) is 0 Å². The van der Waals surface area contributed by atoms with Gasteiger partial charge in [-0.05, 0) is 7.05 Å². The van der Waals surface area contributed by atoms with E-state index in [1.54, 1.807) is 0 Å². The largest absolute Gasteiger partial charge is 0.481 e. The number of halogens is 3. The molecule has 0 amide bonds. The van der Waals surface area contributed by atoms with Gasteiger partial charge in [0, 0.05) is 0 Å². The van der Waals surface area contributed by atoms with Gasteiger partial charge in [-0.2, -0.15) is 13.2 Å². The summed E-state index contributed by atoms with van der Waals surface area (Å²) in [6, 6.07) is -1.96. The van der Waals surface area contributed by atoms with E-state index in [0.29, 0.717) is 0 Å². The molecule has 0 heterocycles. The zero-order valence-corrected chi connectivity index (χ0v) is 7.77. The maximum atomic E-state index is 11.8. The Morgan fingerprint density at radius 2 is 1.85 bits per heavy atom. The van der Waals surface area contributed by atoms with Gasteiger partial charge in [0.15, 0.2) is 0 Å². The standard InChI is InChI=1S/C5H8F3NO2.C2H6/c1-9-3(2-4(10)11)5(6,7)8;1-2/h3,9H,2H2,1H3,(H,10,11);1-2H3. The van der Waals surface area contributed by atoms with E-state index >= 15 is 0 Å². The maximum Gasteiger partial charge on any atom is 0.404 e. The Kier molecular flexibility index (Phi) is 7.60. The van der Waals surface area contributed by atoms with Gasteiger partial charge in [0.1, 0.15) is 6.04 Å². The van der Waals surface area contributed by atoms with Crippen molar-refractivity contribution in [1.82, 2.24) is 5.32 Å². The molecule has 80 valence electrons. The number of alkyl halides is 3. The molecule has 6 heteroatoms. The van der Waals surface area contributed by atoms with Gasteiger partial charge in [0.05, 0.1) is 6.42 Å². The first kappa shape index (κ1) is 14.7. The topological polar surface area (TPSA) is 49.3 Å². The van der Waals surface area contributed by atoms with Crippen molar-refractivity contribution >= 4 is 5.97 Å². The number of hydrogen-bond donors (Lipinski definition) is 2. The van der Waals surface area contributed by atoms with Gasteiger partial charge in [0.25, 0.3) is 0 Å². The summed E-state index contributed by atoms with van der Waals surface area (Å²) in [5.41, 5.74) is 0. The minimum atomic E-state index is -4.49. The molecule has 1 atom stereocenters. The molecule has 3 nitrogen and oxygen atoms in total. The fourth-order valence-electron chi connectivity index (χ4n) is 0.556. The van der Waals surface area contributed by atoms with Crippen LogP contribution < -0.4 is 5.32 Å². The van der Waals surface area contributed by atoms with Crippen molar-refractivity contribution in [3.05, 3.63) is 0 Å². The molecule has 0 spiro atoms. The SMILES string of the molecule is CC.CNC(CC(=O)O)C(F)(F)F. The number of rotatable bonds is 3.